The third kappa shape index (κ3) is 5.14. The number of halogens is 4. The summed E-state index contributed by atoms with van der Waals surface area (Å²) in [4.78, 5) is 28.1. The van der Waals surface area contributed by atoms with Crippen molar-refractivity contribution in [1.82, 2.24) is 9.78 Å². The summed E-state index contributed by atoms with van der Waals surface area (Å²) in [5.74, 6) is -1.42. The van der Waals surface area contributed by atoms with Crippen molar-refractivity contribution >= 4 is 28.9 Å². The molecule has 202 valence electrons. The summed E-state index contributed by atoms with van der Waals surface area (Å²) in [5, 5.41) is 6.74. The number of carbonyl (C=O) groups excluding carboxylic acids is 2. The summed E-state index contributed by atoms with van der Waals surface area (Å²) in [5.41, 5.74) is -0.873. The molecule has 0 aliphatic carbocycles. The number of anilines is 2. The van der Waals surface area contributed by atoms with Crippen molar-refractivity contribution in [3.8, 4) is 0 Å². The SMILES string of the molecule is C=C/C=C(\C1=C(C)N(c2ccn(C)n2)C(=O)C1(C)C)c1ccc(C(F)(F)F)c(C(=O)Nc2ccc(F)cc2)c1. The highest BCUT2D eigenvalue weighted by molar-refractivity contribution is 6.10. The van der Waals surface area contributed by atoms with Gasteiger partial charge < -0.3 is 5.32 Å². The fourth-order valence-corrected chi connectivity index (χ4v) is 4.75. The predicted octanol–water partition coefficient (Wildman–Crippen LogP) is 6.75. The monoisotopic (exact) mass is 538 g/mol. The van der Waals surface area contributed by atoms with Gasteiger partial charge in [-0.15, -0.1) is 0 Å². The highest BCUT2D eigenvalue weighted by Gasteiger charge is 2.47. The van der Waals surface area contributed by atoms with E-state index in [1.165, 1.54) is 29.2 Å². The van der Waals surface area contributed by atoms with E-state index in [2.05, 4.69) is 17.0 Å². The molecule has 10 heteroatoms. The molecule has 0 saturated carbocycles. The van der Waals surface area contributed by atoms with E-state index < -0.39 is 34.4 Å². The maximum absolute atomic E-state index is 13.9. The van der Waals surface area contributed by atoms with Crippen molar-refractivity contribution in [1.29, 1.82) is 0 Å². The number of aromatic nitrogens is 2. The standard InChI is InChI=1S/C29H26F4N4O2/c1-6-7-21(25-17(2)37(27(39)28(25,3)4)24-14-15-36(5)35-24)18-8-13-23(29(31,32)33)22(16-18)26(38)34-20-11-9-19(30)10-12-20/h6-16H,1H2,2-5H3,(H,34,38)/b21-7-. The molecule has 0 bridgehead atoms. The Balaban J connectivity index is 1.86. The number of hydrogen-bond donors (Lipinski definition) is 1. The Labute approximate surface area is 222 Å². The maximum atomic E-state index is 13.9. The zero-order valence-electron chi connectivity index (χ0n) is 21.7. The van der Waals surface area contributed by atoms with E-state index in [0.717, 1.165) is 24.3 Å². The largest absolute Gasteiger partial charge is 0.417 e. The number of amides is 2. The highest BCUT2D eigenvalue weighted by Crippen LogP contribution is 2.48. The molecule has 1 aliphatic heterocycles. The quantitative estimate of drug-likeness (QED) is 0.279. The second kappa shape index (κ2) is 10.0. The van der Waals surface area contributed by atoms with Gasteiger partial charge in [0.1, 0.15) is 5.82 Å². The number of nitrogens with zero attached hydrogens (tertiary/aromatic N) is 3. The summed E-state index contributed by atoms with van der Waals surface area (Å²) >= 11 is 0. The number of hydrogen-bond acceptors (Lipinski definition) is 3. The van der Waals surface area contributed by atoms with E-state index in [0.29, 0.717) is 22.7 Å². The van der Waals surface area contributed by atoms with Gasteiger partial charge in [-0.1, -0.05) is 24.8 Å². The molecule has 1 N–H and O–H groups in total. The minimum Gasteiger partial charge on any atom is -0.322 e. The lowest BCUT2D eigenvalue weighted by atomic mass is 9.78. The van der Waals surface area contributed by atoms with Crippen molar-refractivity contribution < 1.29 is 27.2 Å². The summed E-state index contributed by atoms with van der Waals surface area (Å²) in [6.07, 6.45) is -0.0529. The van der Waals surface area contributed by atoms with Crippen LogP contribution in [-0.4, -0.2) is 21.6 Å². The van der Waals surface area contributed by atoms with Crippen LogP contribution < -0.4 is 10.2 Å². The minimum absolute atomic E-state index is 0.133. The van der Waals surface area contributed by atoms with Gasteiger partial charge in [-0.05, 0) is 73.9 Å². The summed E-state index contributed by atoms with van der Waals surface area (Å²) < 4.78 is 56.6. The Kier molecular flexibility index (Phi) is 7.08. The first kappa shape index (κ1) is 27.6. The van der Waals surface area contributed by atoms with Crippen LogP contribution in [0.4, 0.5) is 29.1 Å². The topological polar surface area (TPSA) is 67.2 Å². The highest BCUT2D eigenvalue weighted by atomic mass is 19.4. The third-order valence-electron chi connectivity index (χ3n) is 6.53. The molecule has 2 amide bonds. The van der Waals surface area contributed by atoms with Gasteiger partial charge in [-0.25, -0.2) is 4.39 Å². The Hall–Kier alpha value is -4.47. The fourth-order valence-electron chi connectivity index (χ4n) is 4.75. The smallest absolute Gasteiger partial charge is 0.322 e. The third-order valence-corrected chi connectivity index (χ3v) is 6.53. The van der Waals surface area contributed by atoms with Crippen LogP contribution in [0.1, 0.15) is 42.3 Å². The van der Waals surface area contributed by atoms with Gasteiger partial charge in [0.15, 0.2) is 5.82 Å². The molecular weight excluding hydrogens is 512 g/mol. The fraction of sp³-hybridized carbons (Fsp3) is 0.207. The second-order valence-electron chi connectivity index (χ2n) is 9.61. The van der Waals surface area contributed by atoms with Gasteiger partial charge in [0.2, 0.25) is 5.91 Å². The van der Waals surface area contributed by atoms with Gasteiger partial charge in [0, 0.05) is 30.7 Å². The van der Waals surface area contributed by atoms with E-state index in [9.17, 15) is 27.2 Å². The lowest BCUT2D eigenvalue weighted by Crippen LogP contribution is -2.33. The van der Waals surface area contributed by atoms with Crippen molar-refractivity contribution in [3.05, 3.63) is 107 Å². The molecule has 1 aliphatic rings. The summed E-state index contributed by atoms with van der Waals surface area (Å²) in [6.45, 7) is 8.92. The van der Waals surface area contributed by atoms with Gasteiger partial charge in [0.05, 0.1) is 16.5 Å². The molecule has 0 saturated heterocycles. The van der Waals surface area contributed by atoms with E-state index in [1.807, 2.05) is 0 Å². The molecule has 0 atom stereocenters. The number of aryl methyl sites for hydroxylation is 1. The number of carbonyl (C=O) groups is 2. The molecule has 2 heterocycles. The van der Waals surface area contributed by atoms with Crippen molar-refractivity contribution in [3.63, 3.8) is 0 Å². The molecule has 39 heavy (non-hydrogen) atoms. The predicted molar refractivity (Wildman–Crippen MR) is 141 cm³/mol. The minimum atomic E-state index is -4.82. The molecule has 1 aromatic heterocycles. The van der Waals surface area contributed by atoms with Crippen LogP contribution in [0.3, 0.4) is 0 Å². The molecule has 6 nitrogen and oxygen atoms in total. The second-order valence-corrected chi connectivity index (χ2v) is 9.61. The molecule has 2 aromatic carbocycles. The number of benzene rings is 2. The van der Waals surface area contributed by atoms with E-state index in [1.54, 1.807) is 50.8 Å². The first-order valence-electron chi connectivity index (χ1n) is 11.9. The number of alkyl halides is 3. The van der Waals surface area contributed by atoms with Gasteiger partial charge >= 0.3 is 6.18 Å². The molecular formula is C29H26F4N4O2. The van der Waals surface area contributed by atoms with Crippen LogP contribution in [0.5, 0.6) is 0 Å². The molecule has 3 aromatic rings. The lowest BCUT2D eigenvalue weighted by molar-refractivity contribution is -0.137. The van der Waals surface area contributed by atoms with Crippen LogP contribution in [0.2, 0.25) is 0 Å². The van der Waals surface area contributed by atoms with Crippen LogP contribution in [0.25, 0.3) is 5.57 Å². The number of rotatable bonds is 6. The van der Waals surface area contributed by atoms with Gasteiger partial charge in [-0.3, -0.25) is 19.2 Å². The summed E-state index contributed by atoms with van der Waals surface area (Å²) in [6, 6.07) is 9.60. The van der Waals surface area contributed by atoms with E-state index in [4.69, 9.17) is 0 Å². The maximum Gasteiger partial charge on any atom is 0.417 e. The molecule has 4 rings (SSSR count). The molecule has 0 unspecified atom stereocenters. The van der Waals surface area contributed by atoms with E-state index >= 15 is 0 Å². The first-order chi connectivity index (χ1) is 18.3. The number of nitrogens with one attached hydrogen (secondary N) is 1. The summed E-state index contributed by atoms with van der Waals surface area (Å²) in [7, 11) is 1.72. The Bertz CT molecular complexity index is 1530. The Morgan fingerprint density at radius 1 is 1.10 bits per heavy atom. The zero-order chi connectivity index (χ0) is 28.7. The average Bonchev–Trinajstić information content (AvgIpc) is 3.36. The zero-order valence-corrected chi connectivity index (χ0v) is 21.7. The van der Waals surface area contributed by atoms with Crippen LogP contribution >= 0.6 is 0 Å². The average molecular weight is 539 g/mol. The van der Waals surface area contributed by atoms with Crippen LogP contribution in [0.15, 0.2) is 84.7 Å². The van der Waals surface area contributed by atoms with Crippen LogP contribution in [-0.2, 0) is 18.0 Å². The van der Waals surface area contributed by atoms with E-state index in [-0.39, 0.29) is 17.2 Å². The van der Waals surface area contributed by atoms with Crippen molar-refractivity contribution in [2.45, 2.75) is 26.9 Å². The Morgan fingerprint density at radius 2 is 1.77 bits per heavy atom. The Morgan fingerprint density at radius 3 is 2.33 bits per heavy atom. The first-order valence-corrected chi connectivity index (χ1v) is 11.9. The normalized spacial score (nSPS) is 15.6. The lowest BCUT2D eigenvalue weighted by Gasteiger charge is -2.24. The van der Waals surface area contributed by atoms with Gasteiger partial charge in [0.25, 0.3) is 5.91 Å². The van der Waals surface area contributed by atoms with Crippen LogP contribution in [0, 0.1) is 11.2 Å². The number of allylic oxidation sites excluding steroid dienone is 4. The molecule has 0 radical (unpaired) electrons. The van der Waals surface area contributed by atoms with Crippen molar-refractivity contribution in [2.24, 2.45) is 12.5 Å². The molecule has 0 fully saturated rings. The van der Waals surface area contributed by atoms with Gasteiger partial charge in [-0.2, -0.15) is 18.3 Å². The van der Waals surface area contributed by atoms with Crippen molar-refractivity contribution in [2.75, 3.05) is 10.2 Å². The molecule has 0 spiro atoms.